The van der Waals surface area contributed by atoms with E-state index in [-0.39, 0.29) is 5.82 Å². The van der Waals surface area contributed by atoms with Gasteiger partial charge in [0.05, 0.1) is 5.52 Å². The maximum Gasteiger partial charge on any atom is 0.137 e. The number of hydrogen-bond donors (Lipinski definition) is 2. The summed E-state index contributed by atoms with van der Waals surface area (Å²) in [6, 6.07) is 5.64. The van der Waals surface area contributed by atoms with Crippen molar-refractivity contribution in [2.24, 2.45) is 0 Å². The molecule has 1 aromatic heterocycles. The third-order valence-electron chi connectivity index (χ3n) is 4.07. The van der Waals surface area contributed by atoms with Gasteiger partial charge in [-0.1, -0.05) is 0 Å². The van der Waals surface area contributed by atoms with Crippen LogP contribution in [0.4, 0.5) is 10.2 Å². The van der Waals surface area contributed by atoms with Crippen LogP contribution < -0.4 is 10.6 Å². The smallest absolute Gasteiger partial charge is 0.137 e. The molecular formula is C15H19FN4. The van der Waals surface area contributed by atoms with E-state index in [0.717, 1.165) is 42.4 Å². The Labute approximate surface area is 117 Å². The number of benzene rings is 1. The Hall–Kier alpha value is -1.75. The molecule has 1 aliphatic rings. The van der Waals surface area contributed by atoms with Gasteiger partial charge in [0.1, 0.15) is 18.0 Å². The summed E-state index contributed by atoms with van der Waals surface area (Å²) in [5.74, 6) is 0.483. The average molecular weight is 274 g/mol. The van der Waals surface area contributed by atoms with Crippen LogP contribution in [0.3, 0.4) is 0 Å². The lowest BCUT2D eigenvalue weighted by Crippen LogP contribution is -2.35. The van der Waals surface area contributed by atoms with Crippen LogP contribution in [0.25, 0.3) is 10.9 Å². The number of rotatable bonds is 3. The van der Waals surface area contributed by atoms with Gasteiger partial charge in [-0.15, -0.1) is 0 Å². The van der Waals surface area contributed by atoms with E-state index < -0.39 is 0 Å². The third kappa shape index (κ3) is 2.72. The lowest BCUT2D eigenvalue weighted by Gasteiger charge is -2.29. The first-order chi connectivity index (χ1) is 9.76. The zero-order chi connectivity index (χ0) is 13.9. The molecule has 1 aliphatic carbocycles. The van der Waals surface area contributed by atoms with E-state index in [9.17, 15) is 4.39 Å². The number of hydrogen-bond acceptors (Lipinski definition) is 4. The fourth-order valence-corrected chi connectivity index (χ4v) is 2.86. The normalized spacial score (nSPS) is 22.9. The Balaban J connectivity index is 1.79. The molecule has 2 N–H and O–H groups in total. The topological polar surface area (TPSA) is 49.8 Å². The van der Waals surface area contributed by atoms with E-state index in [1.807, 2.05) is 7.05 Å². The standard InChI is InChI=1S/C15H19FN4/c1-17-11-3-5-12(6-4-11)20-15-13-8-10(16)2-7-14(13)18-9-19-15/h2,7-9,11-12,17H,3-6H2,1H3,(H,18,19,20). The first-order valence-electron chi connectivity index (χ1n) is 7.10. The Morgan fingerprint density at radius 3 is 2.60 bits per heavy atom. The average Bonchev–Trinajstić information content (AvgIpc) is 2.49. The lowest BCUT2D eigenvalue weighted by atomic mass is 9.91. The number of anilines is 1. The van der Waals surface area contributed by atoms with Crippen LogP contribution in [-0.4, -0.2) is 29.1 Å². The summed E-state index contributed by atoms with van der Waals surface area (Å²) in [7, 11) is 2.01. The monoisotopic (exact) mass is 274 g/mol. The first-order valence-corrected chi connectivity index (χ1v) is 7.10. The second-order valence-corrected chi connectivity index (χ2v) is 5.37. The molecule has 0 unspecified atom stereocenters. The van der Waals surface area contributed by atoms with Crippen molar-refractivity contribution in [3.8, 4) is 0 Å². The van der Waals surface area contributed by atoms with E-state index in [1.54, 1.807) is 6.07 Å². The minimum Gasteiger partial charge on any atom is -0.367 e. The fourth-order valence-electron chi connectivity index (χ4n) is 2.86. The van der Waals surface area contributed by atoms with Crippen molar-refractivity contribution in [1.29, 1.82) is 0 Å². The summed E-state index contributed by atoms with van der Waals surface area (Å²) >= 11 is 0. The Morgan fingerprint density at radius 1 is 1.10 bits per heavy atom. The molecule has 106 valence electrons. The van der Waals surface area contributed by atoms with Crippen molar-refractivity contribution in [1.82, 2.24) is 15.3 Å². The van der Waals surface area contributed by atoms with Gasteiger partial charge < -0.3 is 10.6 Å². The highest BCUT2D eigenvalue weighted by Crippen LogP contribution is 2.25. The van der Waals surface area contributed by atoms with Crippen LogP contribution in [0.5, 0.6) is 0 Å². The van der Waals surface area contributed by atoms with Crippen molar-refractivity contribution in [3.63, 3.8) is 0 Å². The van der Waals surface area contributed by atoms with Gasteiger partial charge in [0.25, 0.3) is 0 Å². The summed E-state index contributed by atoms with van der Waals surface area (Å²) < 4.78 is 13.4. The van der Waals surface area contributed by atoms with Crippen molar-refractivity contribution in [3.05, 3.63) is 30.3 Å². The van der Waals surface area contributed by atoms with Crippen molar-refractivity contribution in [2.45, 2.75) is 37.8 Å². The van der Waals surface area contributed by atoms with Crippen molar-refractivity contribution in [2.75, 3.05) is 12.4 Å². The molecule has 1 saturated carbocycles. The maximum atomic E-state index is 13.4. The predicted octanol–water partition coefficient (Wildman–Crippen LogP) is 2.71. The van der Waals surface area contributed by atoms with Gasteiger partial charge in [0, 0.05) is 17.5 Å². The maximum absolute atomic E-state index is 13.4. The summed E-state index contributed by atoms with van der Waals surface area (Å²) in [4.78, 5) is 8.45. The zero-order valence-corrected chi connectivity index (χ0v) is 11.6. The van der Waals surface area contributed by atoms with Gasteiger partial charge in [-0.05, 0) is 50.9 Å². The van der Waals surface area contributed by atoms with E-state index >= 15 is 0 Å². The molecule has 0 bridgehead atoms. The highest BCUT2D eigenvalue weighted by atomic mass is 19.1. The summed E-state index contributed by atoms with van der Waals surface area (Å²) in [6.45, 7) is 0. The van der Waals surface area contributed by atoms with Crippen LogP contribution in [0.2, 0.25) is 0 Å². The van der Waals surface area contributed by atoms with Gasteiger partial charge in [-0.2, -0.15) is 0 Å². The van der Waals surface area contributed by atoms with Gasteiger partial charge in [0.2, 0.25) is 0 Å². The second kappa shape index (κ2) is 5.71. The number of nitrogens with one attached hydrogen (secondary N) is 2. The van der Waals surface area contributed by atoms with Gasteiger partial charge in [-0.3, -0.25) is 0 Å². The molecule has 20 heavy (non-hydrogen) atoms. The highest BCUT2D eigenvalue weighted by molar-refractivity contribution is 5.88. The molecule has 5 heteroatoms. The van der Waals surface area contributed by atoms with E-state index in [1.165, 1.54) is 18.5 Å². The Morgan fingerprint density at radius 2 is 1.85 bits per heavy atom. The van der Waals surface area contributed by atoms with Crippen LogP contribution in [0.1, 0.15) is 25.7 Å². The van der Waals surface area contributed by atoms with Gasteiger partial charge in [-0.25, -0.2) is 14.4 Å². The molecule has 0 saturated heterocycles. The number of halogens is 1. The molecule has 1 heterocycles. The summed E-state index contributed by atoms with van der Waals surface area (Å²) in [5, 5.41) is 7.53. The second-order valence-electron chi connectivity index (χ2n) is 5.37. The Kier molecular flexibility index (Phi) is 3.78. The number of aromatic nitrogens is 2. The molecule has 0 aliphatic heterocycles. The van der Waals surface area contributed by atoms with Crippen molar-refractivity contribution >= 4 is 16.7 Å². The van der Waals surface area contributed by atoms with E-state index in [2.05, 4.69) is 20.6 Å². The van der Waals surface area contributed by atoms with E-state index in [4.69, 9.17) is 0 Å². The van der Waals surface area contributed by atoms with Crippen LogP contribution >= 0.6 is 0 Å². The van der Waals surface area contributed by atoms with E-state index in [0.29, 0.717) is 12.1 Å². The summed E-state index contributed by atoms with van der Waals surface area (Å²) in [5.41, 5.74) is 0.771. The van der Waals surface area contributed by atoms with Crippen LogP contribution in [0.15, 0.2) is 24.5 Å². The predicted molar refractivity (Wildman–Crippen MR) is 78.2 cm³/mol. The molecule has 4 nitrogen and oxygen atoms in total. The molecule has 0 radical (unpaired) electrons. The molecule has 3 rings (SSSR count). The summed E-state index contributed by atoms with van der Waals surface area (Å²) in [6.07, 6.45) is 6.05. The zero-order valence-electron chi connectivity index (χ0n) is 11.6. The van der Waals surface area contributed by atoms with Gasteiger partial charge in [0.15, 0.2) is 0 Å². The number of nitrogens with zero attached hydrogens (tertiary/aromatic N) is 2. The highest BCUT2D eigenvalue weighted by Gasteiger charge is 2.20. The molecule has 0 atom stereocenters. The van der Waals surface area contributed by atoms with Crippen LogP contribution in [0, 0.1) is 5.82 Å². The molecule has 0 spiro atoms. The molecular weight excluding hydrogens is 255 g/mol. The minimum absolute atomic E-state index is 0.255. The minimum atomic E-state index is -0.255. The lowest BCUT2D eigenvalue weighted by molar-refractivity contribution is 0.371. The quantitative estimate of drug-likeness (QED) is 0.903. The number of fused-ring (bicyclic) bond motifs is 1. The SMILES string of the molecule is CNC1CCC(Nc2ncnc3ccc(F)cc23)CC1. The largest absolute Gasteiger partial charge is 0.367 e. The van der Waals surface area contributed by atoms with Gasteiger partial charge >= 0.3 is 0 Å². The molecule has 0 amide bonds. The molecule has 1 aromatic carbocycles. The fraction of sp³-hybridized carbons (Fsp3) is 0.467. The first kappa shape index (κ1) is 13.2. The molecule has 2 aromatic rings. The Bertz CT molecular complexity index is 593. The van der Waals surface area contributed by atoms with Crippen molar-refractivity contribution < 1.29 is 4.39 Å². The third-order valence-corrected chi connectivity index (χ3v) is 4.07. The van der Waals surface area contributed by atoms with Crippen LogP contribution in [-0.2, 0) is 0 Å². The molecule has 1 fully saturated rings.